The van der Waals surface area contributed by atoms with Crippen molar-refractivity contribution in [2.45, 2.75) is 18.3 Å². The van der Waals surface area contributed by atoms with Crippen LogP contribution in [-0.4, -0.2) is 53.2 Å². The van der Waals surface area contributed by atoms with E-state index < -0.39 is 11.8 Å². The lowest BCUT2D eigenvalue weighted by atomic mass is 10.1. The molecule has 0 spiro atoms. The molecule has 1 N–H and O–H groups in total. The number of nitrogens with zero attached hydrogens (tertiary/aromatic N) is 5. The highest BCUT2D eigenvalue weighted by molar-refractivity contribution is 5.89. The molecule has 1 saturated carbocycles. The third-order valence-corrected chi connectivity index (χ3v) is 5.05. The molecule has 9 heteroatoms. The molecule has 4 rings (SSSR count). The fourth-order valence-electron chi connectivity index (χ4n) is 3.27. The summed E-state index contributed by atoms with van der Waals surface area (Å²) in [4.78, 5) is 16.1. The zero-order valence-corrected chi connectivity index (χ0v) is 15.0. The van der Waals surface area contributed by atoms with Crippen molar-refractivity contribution in [3.05, 3.63) is 47.7 Å². The Bertz CT molecular complexity index is 902. The molecule has 0 radical (unpaired) electrons. The first-order valence-corrected chi connectivity index (χ1v) is 8.99. The monoisotopic (exact) mass is 384 g/mol. The molecule has 2 heterocycles. The molecular formula is C19H18F2N6O. The molecule has 0 bridgehead atoms. The molecule has 28 heavy (non-hydrogen) atoms. The van der Waals surface area contributed by atoms with Gasteiger partial charge in [-0.1, -0.05) is 12.1 Å². The van der Waals surface area contributed by atoms with Crippen LogP contribution in [0.2, 0.25) is 0 Å². The Morgan fingerprint density at radius 2 is 1.79 bits per heavy atom. The Morgan fingerprint density at radius 1 is 1.11 bits per heavy atom. The second-order valence-electron chi connectivity index (χ2n) is 6.93. The van der Waals surface area contributed by atoms with E-state index in [9.17, 15) is 13.6 Å². The van der Waals surface area contributed by atoms with Gasteiger partial charge in [-0.2, -0.15) is 5.26 Å². The van der Waals surface area contributed by atoms with Gasteiger partial charge in [-0.15, -0.1) is 10.2 Å². The van der Waals surface area contributed by atoms with Gasteiger partial charge in [0.1, 0.15) is 6.07 Å². The third-order valence-electron chi connectivity index (χ3n) is 5.05. The number of carbonyl (C=O) groups excluding carboxylic acids is 1. The van der Waals surface area contributed by atoms with Crippen LogP contribution >= 0.6 is 0 Å². The van der Waals surface area contributed by atoms with Crippen LogP contribution in [0.5, 0.6) is 0 Å². The van der Waals surface area contributed by atoms with E-state index in [0.29, 0.717) is 43.2 Å². The van der Waals surface area contributed by atoms with E-state index >= 15 is 0 Å². The third kappa shape index (κ3) is 3.71. The van der Waals surface area contributed by atoms with Crippen LogP contribution in [0.3, 0.4) is 0 Å². The number of anilines is 2. The summed E-state index contributed by atoms with van der Waals surface area (Å²) in [6.07, 6.45) is -0.105. The number of nitriles is 1. The highest BCUT2D eigenvalue weighted by Gasteiger charge is 2.57. The van der Waals surface area contributed by atoms with Crippen molar-refractivity contribution < 1.29 is 13.6 Å². The molecule has 2 fully saturated rings. The highest BCUT2D eigenvalue weighted by atomic mass is 19.3. The average molecular weight is 384 g/mol. The van der Waals surface area contributed by atoms with Gasteiger partial charge in [0, 0.05) is 38.3 Å². The molecule has 2 aliphatic rings. The zero-order chi connectivity index (χ0) is 19.7. The van der Waals surface area contributed by atoms with Crippen molar-refractivity contribution in [2.24, 2.45) is 0 Å². The summed E-state index contributed by atoms with van der Waals surface area (Å²) in [7, 11) is 0. The first-order valence-electron chi connectivity index (χ1n) is 8.99. The molecule has 144 valence electrons. The quantitative estimate of drug-likeness (QED) is 0.880. The van der Waals surface area contributed by atoms with Gasteiger partial charge in [0.15, 0.2) is 11.5 Å². The fraction of sp³-hybridized carbons (Fsp3) is 0.368. The van der Waals surface area contributed by atoms with Gasteiger partial charge in [0.05, 0.1) is 5.92 Å². The molecule has 1 aliphatic carbocycles. The molecule has 1 unspecified atom stereocenters. The Labute approximate surface area is 160 Å². The van der Waals surface area contributed by atoms with E-state index in [4.69, 9.17) is 5.26 Å². The highest BCUT2D eigenvalue weighted by Crippen LogP contribution is 2.55. The lowest BCUT2D eigenvalue weighted by Gasteiger charge is -2.35. The van der Waals surface area contributed by atoms with E-state index in [-0.39, 0.29) is 18.1 Å². The smallest absolute Gasteiger partial charge is 0.321 e. The summed E-state index contributed by atoms with van der Waals surface area (Å²) in [6.45, 7) is 2.23. The summed E-state index contributed by atoms with van der Waals surface area (Å²) in [5, 5.41) is 19.4. The van der Waals surface area contributed by atoms with Crippen molar-refractivity contribution in [2.75, 3.05) is 36.4 Å². The van der Waals surface area contributed by atoms with Crippen molar-refractivity contribution in [1.82, 2.24) is 15.1 Å². The predicted octanol–water partition coefficient (Wildman–Crippen LogP) is 2.82. The largest absolute Gasteiger partial charge is 0.352 e. The topological polar surface area (TPSA) is 85.2 Å². The lowest BCUT2D eigenvalue weighted by Crippen LogP contribution is -2.50. The van der Waals surface area contributed by atoms with Gasteiger partial charge < -0.3 is 15.1 Å². The summed E-state index contributed by atoms with van der Waals surface area (Å²) in [5.41, 5.74) is 1.44. The van der Waals surface area contributed by atoms with Crippen LogP contribution in [0.4, 0.5) is 25.1 Å². The number of urea groups is 1. The number of alkyl halides is 2. The zero-order valence-electron chi connectivity index (χ0n) is 15.0. The summed E-state index contributed by atoms with van der Waals surface area (Å²) >= 11 is 0. The van der Waals surface area contributed by atoms with Crippen LogP contribution in [0, 0.1) is 11.3 Å². The molecule has 1 saturated heterocycles. The van der Waals surface area contributed by atoms with Crippen molar-refractivity contribution in [3.8, 4) is 6.07 Å². The number of piperazine rings is 1. The first-order chi connectivity index (χ1) is 13.5. The Morgan fingerprint density at radius 3 is 2.32 bits per heavy atom. The van der Waals surface area contributed by atoms with Gasteiger partial charge >= 0.3 is 6.03 Å². The number of benzene rings is 1. The van der Waals surface area contributed by atoms with Crippen LogP contribution in [-0.2, 0) is 0 Å². The van der Waals surface area contributed by atoms with Crippen LogP contribution in [0.15, 0.2) is 36.4 Å². The van der Waals surface area contributed by atoms with E-state index in [1.807, 2.05) is 11.0 Å². The Hall–Kier alpha value is -3.28. The van der Waals surface area contributed by atoms with E-state index in [1.165, 1.54) is 0 Å². The SMILES string of the molecule is N#Cc1ccc(N2CCN(C(=O)Nc3ccc(C4CC4(F)F)cc3)CC2)nn1. The molecule has 7 nitrogen and oxygen atoms in total. The van der Waals surface area contributed by atoms with Crippen molar-refractivity contribution in [1.29, 1.82) is 5.26 Å². The standard InChI is InChI=1S/C19H18F2N6O/c20-19(21)11-16(19)13-1-3-14(4-2-13)23-18(28)27-9-7-26(8-10-27)17-6-5-15(12-22)24-25-17/h1-6,16H,7-11H2,(H,23,28). The second-order valence-corrected chi connectivity index (χ2v) is 6.93. The van der Waals surface area contributed by atoms with Crippen LogP contribution in [0.25, 0.3) is 0 Å². The van der Waals surface area contributed by atoms with Gasteiger partial charge in [-0.05, 0) is 29.8 Å². The van der Waals surface area contributed by atoms with Crippen molar-refractivity contribution >= 4 is 17.5 Å². The lowest BCUT2D eigenvalue weighted by molar-refractivity contribution is 0.112. The number of hydrogen-bond acceptors (Lipinski definition) is 5. The second kappa shape index (κ2) is 7.03. The maximum absolute atomic E-state index is 13.1. The summed E-state index contributed by atoms with van der Waals surface area (Å²) in [6, 6.07) is 11.7. The van der Waals surface area contributed by atoms with Gasteiger partial charge in [-0.25, -0.2) is 13.6 Å². The first kappa shape index (κ1) is 18.1. The normalized spacial score (nSPS) is 20.4. The minimum Gasteiger partial charge on any atom is -0.352 e. The van der Waals surface area contributed by atoms with Gasteiger partial charge in [0.2, 0.25) is 0 Å². The maximum Gasteiger partial charge on any atom is 0.321 e. The Kier molecular flexibility index (Phi) is 4.55. The number of halogens is 2. The number of aromatic nitrogens is 2. The number of nitrogens with one attached hydrogen (secondary N) is 1. The molecule has 2 amide bonds. The van der Waals surface area contributed by atoms with Gasteiger partial charge in [-0.3, -0.25) is 0 Å². The van der Waals surface area contributed by atoms with Crippen LogP contribution in [0.1, 0.15) is 23.6 Å². The molecule has 1 aliphatic heterocycles. The number of carbonyl (C=O) groups is 1. The fourth-order valence-corrected chi connectivity index (χ4v) is 3.27. The number of amides is 2. The van der Waals surface area contributed by atoms with Gasteiger partial charge in [0.25, 0.3) is 5.92 Å². The minimum absolute atomic E-state index is 0.105. The van der Waals surface area contributed by atoms with Crippen LogP contribution < -0.4 is 10.2 Å². The van der Waals surface area contributed by atoms with Crippen molar-refractivity contribution in [3.63, 3.8) is 0 Å². The molecule has 1 atom stereocenters. The molecule has 2 aromatic rings. The molecular weight excluding hydrogens is 366 g/mol. The average Bonchev–Trinajstić information content (AvgIpc) is 3.37. The minimum atomic E-state index is -2.59. The van der Waals surface area contributed by atoms with E-state index in [1.54, 1.807) is 41.3 Å². The number of rotatable bonds is 3. The predicted molar refractivity (Wildman–Crippen MR) is 98.3 cm³/mol. The van der Waals surface area contributed by atoms with E-state index in [2.05, 4.69) is 15.5 Å². The van der Waals surface area contributed by atoms with E-state index in [0.717, 1.165) is 0 Å². The Balaban J connectivity index is 1.30. The maximum atomic E-state index is 13.1. The number of hydrogen-bond donors (Lipinski definition) is 1. The molecule has 1 aromatic heterocycles. The summed E-state index contributed by atoms with van der Waals surface area (Å²) < 4.78 is 26.2. The molecule has 1 aromatic carbocycles. The summed E-state index contributed by atoms with van der Waals surface area (Å²) in [5.74, 6) is -2.62.